The van der Waals surface area contributed by atoms with Gasteiger partial charge in [0.25, 0.3) is 5.91 Å². The number of anilines is 1. The number of hydrogen-bond donors (Lipinski definition) is 1. The van der Waals surface area contributed by atoms with Gasteiger partial charge in [-0.05, 0) is 30.3 Å². The molecule has 1 amide bonds. The summed E-state index contributed by atoms with van der Waals surface area (Å²) in [6.45, 7) is 0. The molecule has 3 nitrogen and oxygen atoms in total. The molecule has 2 aromatic rings. The van der Waals surface area contributed by atoms with Crippen molar-refractivity contribution in [2.75, 3.05) is 5.32 Å². The maximum Gasteiger partial charge on any atom is 0.274 e. The Morgan fingerprint density at radius 3 is 2.67 bits per heavy atom. The molecule has 92 valence electrons. The number of halogens is 3. The van der Waals surface area contributed by atoms with Crippen LogP contribution < -0.4 is 5.32 Å². The lowest BCUT2D eigenvalue weighted by atomic mass is 10.3. The highest BCUT2D eigenvalue weighted by Crippen LogP contribution is 2.19. The van der Waals surface area contributed by atoms with E-state index in [0.29, 0.717) is 5.69 Å². The Kier molecular flexibility index (Phi) is 3.53. The van der Waals surface area contributed by atoms with Crippen LogP contribution in [0.5, 0.6) is 0 Å². The number of nitrogens with zero attached hydrogens (tertiary/aromatic N) is 1. The minimum atomic E-state index is -0.750. The lowest BCUT2D eigenvalue weighted by molar-refractivity contribution is 0.102. The van der Waals surface area contributed by atoms with E-state index in [1.54, 1.807) is 0 Å². The zero-order valence-electron chi connectivity index (χ0n) is 8.95. The third-order valence-corrected chi connectivity index (χ3v) is 2.41. The summed E-state index contributed by atoms with van der Waals surface area (Å²) in [4.78, 5) is 15.1. The van der Waals surface area contributed by atoms with Gasteiger partial charge in [-0.25, -0.2) is 9.37 Å². The molecule has 0 saturated heterocycles. The van der Waals surface area contributed by atoms with E-state index in [4.69, 9.17) is 11.6 Å². The molecule has 1 aromatic heterocycles. The van der Waals surface area contributed by atoms with Crippen LogP contribution in [-0.4, -0.2) is 10.9 Å². The molecule has 1 heterocycles. The summed E-state index contributed by atoms with van der Waals surface area (Å²) in [6, 6.07) is 7.59. The minimum Gasteiger partial charge on any atom is -0.321 e. The Morgan fingerprint density at radius 2 is 2.00 bits per heavy atom. The number of carbonyl (C=O) groups excluding carboxylic acids is 1. The van der Waals surface area contributed by atoms with Crippen molar-refractivity contribution in [3.05, 3.63) is 58.9 Å². The monoisotopic (exact) mass is 268 g/mol. The Bertz CT molecular complexity index is 604. The predicted octanol–water partition coefficient (Wildman–Crippen LogP) is 3.27. The molecule has 0 spiro atoms. The molecule has 18 heavy (non-hydrogen) atoms. The summed E-state index contributed by atoms with van der Waals surface area (Å²) in [5, 5.41) is 2.32. The van der Waals surface area contributed by atoms with Gasteiger partial charge in [-0.2, -0.15) is 4.39 Å². The van der Waals surface area contributed by atoms with Gasteiger partial charge in [0, 0.05) is 5.69 Å². The number of aromatic nitrogens is 1. The van der Waals surface area contributed by atoms with E-state index in [0.717, 1.165) is 12.1 Å². The fourth-order valence-corrected chi connectivity index (χ4v) is 1.48. The summed E-state index contributed by atoms with van der Waals surface area (Å²) in [5.41, 5.74) is 0.230. The summed E-state index contributed by atoms with van der Waals surface area (Å²) in [5.74, 6) is -1.93. The zero-order valence-corrected chi connectivity index (χ0v) is 9.71. The summed E-state index contributed by atoms with van der Waals surface area (Å²) in [7, 11) is 0. The molecule has 0 atom stereocenters. The Hall–Kier alpha value is -2.01. The number of pyridine rings is 1. The lowest BCUT2D eigenvalue weighted by Crippen LogP contribution is -2.14. The third kappa shape index (κ3) is 2.81. The number of nitrogens with one attached hydrogen (secondary N) is 1. The number of rotatable bonds is 2. The molecule has 0 unspecified atom stereocenters. The molecule has 2 rings (SSSR count). The van der Waals surface area contributed by atoms with Gasteiger partial charge in [-0.15, -0.1) is 0 Å². The zero-order chi connectivity index (χ0) is 13.1. The van der Waals surface area contributed by atoms with Crippen LogP contribution in [0.15, 0.2) is 36.4 Å². The van der Waals surface area contributed by atoms with E-state index in [2.05, 4.69) is 10.3 Å². The van der Waals surface area contributed by atoms with E-state index in [-0.39, 0.29) is 10.7 Å². The van der Waals surface area contributed by atoms with Crippen LogP contribution in [0.3, 0.4) is 0 Å². The van der Waals surface area contributed by atoms with Crippen molar-refractivity contribution in [2.24, 2.45) is 0 Å². The average Bonchev–Trinajstić information content (AvgIpc) is 2.34. The molecule has 0 fully saturated rings. The van der Waals surface area contributed by atoms with Crippen LogP contribution in [0.25, 0.3) is 0 Å². The van der Waals surface area contributed by atoms with Crippen LogP contribution in [0.1, 0.15) is 10.5 Å². The minimum absolute atomic E-state index is 0.0737. The molecular formula is C12H7ClF2N2O. The maximum absolute atomic E-state index is 12.9. The van der Waals surface area contributed by atoms with Crippen LogP contribution in [-0.2, 0) is 0 Å². The van der Waals surface area contributed by atoms with Gasteiger partial charge in [0.05, 0.1) is 5.02 Å². The van der Waals surface area contributed by atoms with Crippen molar-refractivity contribution in [1.82, 2.24) is 4.98 Å². The lowest BCUT2D eigenvalue weighted by Gasteiger charge is -2.05. The first-order chi connectivity index (χ1) is 8.56. The Balaban J connectivity index is 2.18. The van der Waals surface area contributed by atoms with Crippen molar-refractivity contribution in [1.29, 1.82) is 0 Å². The van der Waals surface area contributed by atoms with E-state index in [1.807, 2.05) is 0 Å². The number of benzene rings is 1. The molecule has 0 bridgehead atoms. The number of hydrogen-bond acceptors (Lipinski definition) is 2. The smallest absolute Gasteiger partial charge is 0.274 e. The number of carbonyl (C=O) groups is 1. The summed E-state index contributed by atoms with van der Waals surface area (Å²) in [6.07, 6.45) is 0. The van der Waals surface area contributed by atoms with Crippen molar-refractivity contribution in [3.8, 4) is 0 Å². The number of amides is 1. The molecule has 0 aliphatic carbocycles. The first kappa shape index (κ1) is 12.4. The summed E-state index contributed by atoms with van der Waals surface area (Å²) >= 11 is 5.57. The van der Waals surface area contributed by atoms with Gasteiger partial charge < -0.3 is 5.32 Å². The van der Waals surface area contributed by atoms with Crippen molar-refractivity contribution in [3.63, 3.8) is 0 Å². The van der Waals surface area contributed by atoms with Crippen LogP contribution >= 0.6 is 11.6 Å². The van der Waals surface area contributed by atoms with Gasteiger partial charge >= 0.3 is 0 Å². The fourth-order valence-electron chi connectivity index (χ4n) is 1.30. The molecule has 0 saturated carbocycles. The average molecular weight is 269 g/mol. The predicted molar refractivity (Wildman–Crippen MR) is 63.6 cm³/mol. The SMILES string of the molecule is O=C(Nc1ccc(F)c(Cl)c1)c1cccc(F)n1. The molecule has 1 aromatic carbocycles. The topological polar surface area (TPSA) is 42.0 Å². The fraction of sp³-hybridized carbons (Fsp3) is 0. The standard InChI is InChI=1S/C12H7ClF2N2O/c13-8-6-7(4-5-9(8)14)16-12(18)10-2-1-3-11(15)17-10/h1-6H,(H,16,18). The molecule has 0 aliphatic rings. The van der Waals surface area contributed by atoms with Gasteiger partial charge in [0.1, 0.15) is 11.5 Å². The van der Waals surface area contributed by atoms with Crippen molar-refractivity contribution < 1.29 is 13.6 Å². The van der Waals surface area contributed by atoms with E-state index >= 15 is 0 Å². The molecule has 1 N–H and O–H groups in total. The molecule has 0 aliphatic heterocycles. The van der Waals surface area contributed by atoms with Crippen molar-refractivity contribution in [2.45, 2.75) is 0 Å². The Labute approximate surface area is 106 Å². The van der Waals surface area contributed by atoms with Crippen molar-refractivity contribution >= 4 is 23.2 Å². The highest BCUT2D eigenvalue weighted by atomic mass is 35.5. The summed E-state index contributed by atoms with van der Waals surface area (Å²) < 4.78 is 25.7. The second-order valence-corrected chi connectivity index (χ2v) is 3.84. The first-order valence-corrected chi connectivity index (χ1v) is 5.33. The first-order valence-electron chi connectivity index (χ1n) is 4.95. The Morgan fingerprint density at radius 1 is 1.22 bits per heavy atom. The van der Waals surface area contributed by atoms with Gasteiger partial charge in [-0.3, -0.25) is 4.79 Å². The van der Waals surface area contributed by atoms with E-state index in [1.165, 1.54) is 24.3 Å². The second kappa shape index (κ2) is 5.10. The largest absolute Gasteiger partial charge is 0.321 e. The molecule has 0 radical (unpaired) electrons. The van der Waals surface area contributed by atoms with Crippen LogP contribution in [0.4, 0.5) is 14.5 Å². The quantitative estimate of drug-likeness (QED) is 0.850. The third-order valence-electron chi connectivity index (χ3n) is 2.13. The molecular weight excluding hydrogens is 262 g/mol. The van der Waals surface area contributed by atoms with E-state index in [9.17, 15) is 13.6 Å². The van der Waals surface area contributed by atoms with Gasteiger partial charge in [-0.1, -0.05) is 17.7 Å². The molecule has 6 heteroatoms. The highest BCUT2D eigenvalue weighted by Gasteiger charge is 2.09. The normalized spacial score (nSPS) is 10.2. The van der Waals surface area contributed by atoms with Gasteiger partial charge in [0.15, 0.2) is 0 Å². The van der Waals surface area contributed by atoms with Gasteiger partial charge in [0.2, 0.25) is 5.95 Å². The van der Waals surface area contributed by atoms with Crippen LogP contribution in [0, 0.1) is 11.8 Å². The second-order valence-electron chi connectivity index (χ2n) is 3.43. The highest BCUT2D eigenvalue weighted by molar-refractivity contribution is 6.31. The maximum atomic E-state index is 12.9. The van der Waals surface area contributed by atoms with Crippen LogP contribution in [0.2, 0.25) is 5.02 Å². The van der Waals surface area contributed by atoms with E-state index < -0.39 is 17.7 Å².